The van der Waals surface area contributed by atoms with E-state index in [1.807, 2.05) is 0 Å². The van der Waals surface area contributed by atoms with Gasteiger partial charge in [0.2, 0.25) is 0 Å². The molecule has 1 unspecified atom stereocenters. The fourth-order valence-corrected chi connectivity index (χ4v) is 2.72. The normalized spacial score (nSPS) is 12.6. The predicted octanol–water partition coefficient (Wildman–Crippen LogP) is 5.04. The maximum atomic E-state index is 3.62. The van der Waals surface area contributed by atoms with Crippen LogP contribution in [-0.4, -0.2) is 0 Å². The van der Waals surface area contributed by atoms with Gasteiger partial charge in [-0.2, -0.15) is 0 Å². The van der Waals surface area contributed by atoms with E-state index in [1.165, 1.54) is 22.3 Å². The zero-order valence-electron chi connectivity index (χ0n) is 13.7. The van der Waals surface area contributed by atoms with Crippen LogP contribution in [0.2, 0.25) is 0 Å². The van der Waals surface area contributed by atoms with Gasteiger partial charge in [0.05, 0.1) is 0 Å². The van der Waals surface area contributed by atoms with Crippen molar-refractivity contribution in [1.82, 2.24) is 5.32 Å². The molecule has 0 bridgehead atoms. The average molecular weight is 281 g/mol. The molecule has 21 heavy (non-hydrogen) atoms. The molecule has 0 saturated heterocycles. The summed E-state index contributed by atoms with van der Waals surface area (Å²) in [4.78, 5) is 0. The fourth-order valence-electron chi connectivity index (χ4n) is 2.72. The van der Waals surface area contributed by atoms with Gasteiger partial charge in [-0.25, -0.2) is 0 Å². The van der Waals surface area contributed by atoms with Gasteiger partial charge in [0.25, 0.3) is 0 Å². The van der Waals surface area contributed by atoms with Crippen LogP contribution in [0.15, 0.2) is 48.5 Å². The fraction of sp³-hybridized carbons (Fsp3) is 0.400. The van der Waals surface area contributed by atoms with Crippen molar-refractivity contribution in [3.05, 3.63) is 70.8 Å². The van der Waals surface area contributed by atoms with Crippen molar-refractivity contribution in [2.45, 2.75) is 46.7 Å². The second kappa shape index (κ2) is 7.42. The van der Waals surface area contributed by atoms with Gasteiger partial charge in [0, 0.05) is 12.6 Å². The molecule has 0 saturated carbocycles. The van der Waals surface area contributed by atoms with E-state index >= 15 is 0 Å². The van der Waals surface area contributed by atoms with Crippen LogP contribution in [0.1, 0.15) is 49.1 Å². The molecule has 0 fully saturated rings. The summed E-state index contributed by atoms with van der Waals surface area (Å²) in [6, 6.07) is 18.0. The molecule has 1 heteroatoms. The van der Waals surface area contributed by atoms with Crippen molar-refractivity contribution in [1.29, 1.82) is 0 Å². The van der Waals surface area contributed by atoms with Crippen LogP contribution >= 0.6 is 0 Å². The summed E-state index contributed by atoms with van der Waals surface area (Å²) in [6.45, 7) is 9.85. The largest absolute Gasteiger partial charge is 0.306 e. The van der Waals surface area contributed by atoms with E-state index in [0.29, 0.717) is 6.04 Å². The van der Waals surface area contributed by atoms with Gasteiger partial charge in [-0.3, -0.25) is 0 Å². The molecule has 1 atom stereocenters. The van der Waals surface area contributed by atoms with E-state index in [4.69, 9.17) is 0 Å². The molecule has 0 amide bonds. The summed E-state index contributed by atoms with van der Waals surface area (Å²) in [5.74, 6) is 0.718. The molecule has 1 N–H and O–H groups in total. The molecule has 0 heterocycles. The van der Waals surface area contributed by atoms with Gasteiger partial charge < -0.3 is 5.32 Å². The van der Waals surface area contributed by atoms with Crippen LogP contribution in [0, 0.1) is 12.8 Å². The predicted molar refractivity (Wildman–Crippen MR) is 91.4 cm³/mol. The number of hydrogen-bond donors (Lipinski definition) is 1. The number of benzene rings is 2. The molecule has 0 aliphatic carbocycles. The lowest BCUT2D eigenvalue weighted by Crippen LogP contribution is -2.18. The molecule has 112 valence electrons. The third kappa shape index (κ3) is 4.71. The average Bonchev–Trinajstić information content (AvgIpc) is 2.46. The van der Waals surface area contributed by atoms with E-state index in [2.05, 4.69) is 81.5 Å². The van der Waals surface area contributed by atoms with Gasteiger partial charge in [-0.05, 0) is 48.4 Å². The van der Waals surface area contributed by atoms with E-state index in [-0.39, 0.29) is 0 Å². The molecule has 0 aliphatic rings. The SMILES string of the molecule is Cc1ccccc1C(C)NCc1ccc(CC(C)C)cc1. The summed E-state index contributed by atoms with van der Waals surface area (Å²) in [7, 11) is 0. The standard InChI is InChI=1S/C20H27N/c1-15(2)13-18-9-11-19(12-10-18)14-21-17(4)20-8-6-5-7-16(20)3/h5-12,15,17,21H,13-14H2,1-4H3. The lowest BCUT2D eigenvalue weighted by Gasteiger charge is -2.17. The van der Waals surface area contributed by atoms with Crippen LogP contribution in [0.25, 0.3) is 0 Å². The number of hydrogen-bond acceptors (Lipinski definition) is 1. The number of rotatable bonds is 6. The highest BCUT2D eigenvalue weighted by Gasteiger charge is 2.07. The van der Waals surface area contributed by atoms with Crippen molar-refractivity contribution in [3.8, 4) is 0 Å². The maximum Gasteiger partial charge on any atom is 0.0297 e. The van der Waals surface area contributed by atoms with Crippen LogP contribution in [0.4, 0.5) is 0 Å². The van der Waals surface area contributed by atoms with Crippen molar-refractivity contribution in [2.24, 2.45) is 5.92 Å². The van der Waals surface area contributed by atoms with E-state index in [9.17, 15) is 0 Å². The van der Waals surface area contributed by atoms with Crippen molar-refractivity contribution in [2.75, 3.05) is 0 Å². The minimum Gasteiger partial charge on any atom is -0.306 e. The Hall–Kier alpha value is -1.60. The van der Waals surface area contributed by atoms with Crippen molar-refractivity contribution in [3.63, 3.8) is 0 Å². The lowest BCUT2D eigenvalue weighted by molar-refractivity contribution is 0.572. The Balaban J connectivity index is 1.92. The van der Waals surface area contributed by atoms with Gasteiger partial charge in [0.1, 0.15) is 0 Å². The third-order valence-corrected chi connectivity index (χ3v) is 3.93. The Morgan fingerprint density at radius 3 is 2.10 bits per heavy atom. The second-order valence-corrected chi connectivity index (χ2v) is 6.37. The molecule has 1 nitrogen and oxygen atoms in total. The molecule has 2 aromatic carbocycles. The first-order valence-electron chi connectivity index (χ1n) is 7.93. The van der Waals surface area contributed by atoms with Crippen LogP contribution < -0.4 is 5.32 Å². The Bertz CT molecular complexity index is 554. The molecule has 0 aliphatic heterocycles. The van der Waals surface area contributed by atoms with E-state index in [1.54, 1.807) is 0 Å². The smallest absolute Gasteiger partial charge is 0.0297 e. The van der Waals surface area contributed by atoms with Crippen LogP contribution in [-0.2, 0) is 13.0 Å². The highest BCUT2D eigenvalue weighted by molar-refractivity contribution is 5.28. The first-order valence-corrected chi connectivity index (χ1v) is 7.93. The topological polar surface area (TPSA) is 12.0 Å². The minimum atomic E-state index is 0.376. The summed E-state index contributed by atoms with van der Waals surface area (Å²) in [5, 5.41) is 3.62. The summed E-state index contributed by atoms with van der Waals surface area (Å²) in [6.07, 6.45) is 1.16. The summed E-state index contributed by atoms with van der Waals surface area (Å²) in [5.41, 5.74) is 5.52. The molecule has 0 radical (unpaired) electrons. The van der Waals surface area contributed by atoms with Gasteiger partial charge in [-0.15, -0.1) is 0 Å². The van der Waals surface area contributed by atoms with Crippen molar-refractivity contribution < 1.29 is 0 Å². The second-order valence-electron chi connectivity index (χ2n) is 6.37. The Morgan fingerprint density at radius 2 is 1.48 bits per heavy atom. The number of nitrogens with one attached hydrogen (secondary N) is 1. The van der Waals surface area contributed by atoms with E-state index in [0.717, 1.165) is 18.9 Å². The molecular formula is C20H27N. The zero-order chi connectivity index (χ0) is 15.2. The molecule has 2 aromatic rings. The van der Waals surface area contributed by atoms with Crippen LogP contribution in [0.3, 0.4) is 0 Å². The molecule has 2 rings (SSSR count). The number of aryl methyl sites for hydroxylation is 1. The zero-order valence-corrected chi connectivity index (χ0v) is 13.7. The van der Waals surface area contributed by atoms with Crippen molar-refractivity contribution >= 4 is 0 Å². The first-order chi connectivity index (χ1) is 10.1. The van der Waals surface area contributed by atoms with Crippen LogP contribution in [0.5, 0.6) is 0 Å². The van der Waals surface area contributed by atoms with E-state index < -0.39 is 0 Å². The third-order valence-electron chi connectivity index (χ3n) is 3.93. The maximum absolute atomic E-state index is 3.62. The minimum absolute atomic E-state index is 0.376. The molecular weight excluding hydrogens is 254 g/mol. The summed E-state index contributed by atoms with van der Waals surface area (Å²) < 4.78 is 0. The highest BCUT2D eigenvalue weighted by atomic mass is 14.9. The highest BCUT2D eigenvalue weighted by Crippen LogP contribution is 2.17. The Labute approximate surface area is 129 Å². The lowest BCUT2D eigenvalue weighted by atomic mass is 10.0. The molecule has 0 spiro atoms. The quantitative estimate of drug-likeness (QED) is 0.781. The van der Waals surface area contributed by atoms with Gasteiger partial charge in [0.15, 0.2) is 0 Å². The van der Waals surface area contributed by atoms with Gasteiger partial charge >= 0.3 is 0 Å². The van der Waals surface area contributed by atoms with Gasteiger partial charge in [-0.1, -0.05) is 62.4 Å². The molecule has 0 aromatic heterocycles. The first kappa shape index (κ1) is 15.8. The Morgan fingerprint density at radius 1 is 0.857 bits per heavy atom. The monoisotopic (exact) mass is 281 g/mol. The Kier molecular flexibility index (Phi) is 5.58. The summed E-state index contributed by atoms with van der Waals surface area (Å²) >= 11 is 0.